The average Bonchev–Trinajstić information content (AvgIpc) is 2.85. The molecule has 1 N–H and O–H groups in total. The van der Waals surface area contributed by atoms with Gasteiger partial charge in [-0.1, -0.05) is 48.7 Å². The predicted molar refractivity (Wildman–Crippen MR) is 138 cm³/mol. The zero-order valence-electron chi connectivity index (χ0n) is 20.6. The number of carbonyl (C=O) groups is 2. The molecule has 0 bridgehead atoms. The van der Waals surface area contributed by atoms with Crippen molar-refractivity contribution < 1.29 is 33.6 Å². The van der Waals surface area contributed by atoms with Gasteiger partial charge in [0.05, 0.1) is 18.2 Å². The standard InChI is InChI=1S/C26H33Cl2NO7/c1-3-5-14-33-15-12-29(26(32)36-23-11-8-20(27)18-22(23)28)13-16-35-21-9-6-19(7-10-21)17-24(25(30)31)34-4-2/h6-11,18,24H,3-5,12-17H2,1-2H3,(H,30,31). The molecular weight excluding hydrogens is 509 g/mol. The van der Waals surface area contributed by atoms with Crippen molar-refractivity contribution in [3.8, 4) is 11.5 Å². The third kappa shape index (κ3) is 10.6. The molecule has 36 heavy (non-hydrogen) atoms. The van der Waals surface area contributed by atoms with Gasteiger partial charge in [0, 0.05) is 31.2 Å². The van der Waals surface area contributed by atoms with Gasteiger partial charge < -0.3 is 29.0 Å². The number of rotatable bonds is 16. The summed E-state index contributed by atoms with van der Waals surface area (Å²) in [6, 6.07) is 11.7. The first-order chi connectivity index (χ1) is 17.3. The molecule has 2 aromatic carbocycles. The van der Waals surface area contributed by atoms with Crippen molar-refractivity contribution in [1.82, 2.24) is 4.90 Å². The second kappa shape index (κ2) is 16.3. The molecule has 0 fully saturated rings. The van der Waals surface area contributed by atoms with Crippen LogP contribution in [0.3, 0.4) is 0 Å². The molecule has 0 aromatic heterocycles. The van der Waals surface area contributed by atoms with Gasteiger partial charge in [-0.05, 0) is 49.2 Å². The fourth-order valence-electron chi connectivity index (χ4n) is 3.16. The van der Waals surface area contributed by atoms with E-state index in [1.807, 2.05) is 0 Å². The van der Waals surface area contributed by atoms with Crippen molar-refractivity contribution in [2.45, 2.75) is 39.2 Å². The summed E-state index contributed by atoms with van der Waals surface area (Å²) in [5.74, 6) is -0.191. The molecule has 1 amide bonds. The van der Waals surface area contributed by atoms with Crippen molar-refractivity contribution in [1.29, 1.82) is 0 Å². The molecule has 10 heteroatoms. The van der Waals surface area contributed by atoms with Crippen LogP contribution in [0.4, 0.5) is 4.79 Å². The Morgan fingerprint density at radius 1 is 1.00 bits per heavy atom. The number of ether oxygens (including phenoxy) is 4. The minimum absolute atomic E-state index is 0.214. The highest BCUT2D eigenvalue weighted by molar-refractivity contribution is 6.35. The lowest BCUT2D eigenvalue weighted by molar-refractivity contribution is -0.149. The van der Waals surface area contributed by atoms with Gasteiger partial charge in [0.25, 0.3) is 0 Å². The number of unbranched alkanes of at least 4 members (excludes halogenated alkanes) is 1. The Bertz CT molecular complexity index is 956. The summed E-state index contributed by atoms with van der Waals surface area (Å²) >= 11 is 12.0. The van der Waals surface area contributed by atoms with Gasteiger partial charge in [0.1, 0.15) is 12.4 Å². The van der Waals surface area contributed by atoms with Crippen molar-refractivity contribution in [2.24, 2.45) is 0 Å². The minimum atomic E-state index is -0.997. The number of halogens is 2. The Morgan fingerprint density at radius 2 is 1.72 bits per heavy atom. The first kappa shape index (κ1) is 29.7. The first-order valence-corrected chi connectivity index (χ1v) is 12.6. The third-order valence-electron chi connectivity index (χ3n) is 5.11. The highest BCUT2D eigenvalue weighted by Gasteiger charge is 2.19. The maximum absolute atomic E-state index is 12.8. The van der Waals surface area contributed by atoms with E-state index in [4.69, 9.17) is 42.1 Å². The van der Waals surface area contributed by atoms with Crippen LogP contribution < -0.4 is 9.47 Å². The molecule has 198 valence electrons. The van der Waals surface area contributed by atoms with Crippen molar-refractivity contribution in [3.63, 3.8) is 0 Å². The molecule has 2 rings (SSSR count). The Kier molecular flexibility index (Phi) is 13.4. The fourth-order valence-corrected chi connectivity index (χ4v) is 3.61. The largest absolute Gasteiger partial charge is 0.492 e. The monoisotopic (exact) mass is 541 g/mol. The molecule has 0 heterocycles. The second-order valence-electron chi connectivity index (χ2n) is 7.87. The predicted octanol–water partition coefficient (Wildman–Crippen LogP) is 5.72. The third-order valence-corrected chi connectivity index (χ3v) is 5.65. The van der Waals surface area contributed by atoms with Crippen LogP contribution in [-0.4, -0.2) is 67.7 Å². The molecule has 1 unspecified atom stereocenters. The number of carboxylic acids is 1. The number of hydrogen-bond donors (Lipinski definition) is 1. The van der Waals surface area contributed by atoms with Crippen LogP contribution in [0.2, 0.25) is 10.0 Å². The molecule has 0 aliphatic heterocycles. The van der Waals surface area contributed by atoms with Gasteiger partial charge >= 0.3 is 12.1 Å². The molecular formula is C26H33Cl2NO7. The Balaban J connectivity index is 1.93. The maximum atomic E-state index is 12.8. The Labute approximate surface area is 222 Å². The van der Waals surface area contributed by atoms with Crippen LogP contribution in [0.5, 0.6) is 11.5 Å². The van der Waals surface area contributed by atoms with Gasteiger partial charge in [0.15, 0.2) is 11.9 Å². The Morgan fingerprint density at radius 3 is 2.36 bits per heavy atom. The van der Waals surface area contributed by atoms with E-state index in [-0.39, 0.29) is 30.3 Å². The Hall–Kier alpha value is -2.52. The van der Waals surface area contributed by atoms with Crippen LogP contribution in [-0.2, 0) is 20.7 Å². The fraction of sp³-hybridized carbons (Fsp3) is 0.462. The summed E-state index contributed by atoms with van der Waals surface area (Å²) in [6.07, 6.45) is 0.759. The smallest absolute Gasteiger partial charge is 0.415 e. The van der Waals surface area contributed by atoms with Crippen LogP contribution in [0.25, 0.3) is 0 Å². The van der Waals surface area contributed by atoms with Crippen LogP contribution in [0, 0.1) is 0 Å². The van der Waals surface area contributed by atoms with E-state index in [9.17, 15) is 14.7 Å². The summed E-state index contributed by atoms with van der Waals surface area (Å²) < 4.78 is 22.1. The van der Waals surface area contributed by atoms with Gasteiger partial charge in [-0.15, -0.1) is 0 Å². The minimum Gasteiger partial charge on any atom is -0.492 e. The lowest BCUT2D eigenvalue weighted by Crippen LogP contribution is -2.39. The van der Waals surface area contributed by atoms with Crippen LogP contribution in [0.15, 0.2) is 42.5 Å². The summed E-state index contributed by atoms with van der Waals surface area (Å²) in [4.78, 5) is 25.6. The lowest BCUT2D eigenvalue weighted by Gasteiger charge is -2.22. The van der Waals surface area contributed by atoms with Crippen LogP contribution >= 0.6 is 23.2 Å². The van der Waals surface area contributed by atoms with E-state index in [0.717, 1.165) is 18.4 Å². The second-order valence-corrected chi connectivity index (χ2v) is 8.72. The molecule has 8 nitrogen and oxygen atoms in total. The normalized spacial score (nSPS) is 11.7. The van der Waals surface area contributed by atoms with E-state index < -0.39 is 18.2 Å². The highest BCUT2D eigenvalue weighted by Crippen LogP contribution is 2.28. The number of benzene rings is 2. The molecule has 0 radical (unpaired) electrons. The van der Waals surface area contributed by atoms with Gasteiger partial charge in [-0.25, -0.2) is 9.59 Å². The van der Waals surface area contributed by atoms with E-state index in [0.29, 0.717) is 37.1 Å². The summed E-state index contributed by atoms with van der Waals surface area (Å²) in [7, 11) is 0. The number of carboxylic acid groups (broad SMARTS) is 1. The van der Waals surface area contributed by atoms with Gasteiger partial charge in [-0.3, -0.25) is 0 Å². The molecule has 1 atom stereocenters. The van der Waals surface area contributed by atoms with Crippen LogP contribution in [0.1, 0.15) is 32.3 Å². The molecule has 2 aromatic rings. The molecule has 0 spiro atoms. The molecule has 0 saturated carbocycles. The summed E-state index contributed by atoms with van der Waals surface area (Å²) in [5, 5.41) is 9.92. The summed E-state index contributed by atoms with van der Waals surface area (Å²) in [5.41, 5.74) is 0.817. The zero-order valence-corrected chi connectivity index (χ0v) is 22.1. The van der Waals surface area contributed by atoms with Gasteiger partial charge in [-0.2, -0.15) is 0 Å². The van der Waals surface area contributed by atoms with E-state index >= 15 is 0 Å². The van der Waals surface area contributed by atoms with E-state index in [2.05, 4.69) is 6.92 Å². The summed E-state index contributed by atoms with van der Waals surface area (Å²) in [6.45, 7) is 5.95. The SMILES string of the molecule is CCCCOCCN(CCOc1ccc(CC(OCC)C(=O)O)cc1)C(=O)Oc1ccc(Cl)cc1Cl. The topological polar surface area (TPSA) is 94.5 Å². The number of hydrogen-bond acceptors (Lipinski definition) is 6. The number of amides is 1. The molecule has 0 aliphatic carbocycles. The van der Waals surface area contributed by atoms with Crippen molar-refractivity contribution >= 4 is 35.3 Å². The quantitative estimate of drug-likeness (QED) is 0.271. The maximum Gasteiger partial charge on any atom is 0.415 e. The zero-order chi connectivity index (χ0) is 26.3. The van der Waals surface area contributed by atoms with E-state index in [1.54, 1.807) is 37.3 Å². The lowest BCUT2D eigenvalue weighted by atomic mass is 10.1. The highest BCUT2D eigenvalue weighted by atomic mass is 35.5. The first-order valence-electron chi connectivity index (χ1n) is 11.9. The number of carbonyl (C=O) groups excluding carboxylic acids is 1. The van der Waals surface area contributed by atoms with Gasteiger partial charge in [0.2, 0.25) is 0 Å². The van der Waals surface area contributed by atoms with Crippen molar-refractivity contribution in [3.05, 3.63) is 58.1 Å². The van der Waals surface area contributed by atoms with E-state index in [1.165, 1.54) is 17.0 Å². The average molecular weight is 542 g/mol. The molecule has 0 saturated heterocycles. The number of nitrogens with zero attached hydrogens (tertiary/aromatic N) is 1. The molecule has 0 aliphatic rings. The van der Waals surface area contributed by atoms with Crippen molar-refractivity contribution in [2.75, 3.05) is 39.5 Å². The number of aliphatic carboxylic acids is 1.